The minimum absolute atomic E-state index is 0.219. The van der Waals surface area contributed by atoms with Crippen molar-refractivity contribution in [3.05, 3.63) is 0 Å². The Morgan fingerprint density at radius 3 is 2.44 bits per heavy atom. The van der Waals surface area contributed by atoms with E-state index >= 15 is 0 Å². The first-order valence-electron chi connectivity index (χ1n) is 6.67. The van der Waals surface area contributed by atoms with Gasteiger partial charge in [-0.25, -0.2) is 0 Å². The van der Waals surface area contributed by atoms with Crippen LogP contribution < -0.4 is 0 Å². The maximum atomic E-state index is 11.9. The third-order valence-electron chi connectivity index (χ3n) is 3.97. The highest BCUT2D eigenvalue weighted by Gasteiger charge is 2.64. The monoisotopic (exact) mass is 256 g/mol. The SMILES string of the molecule is CC1(C)OC(=O)CC2(CCCC23OCCCO3)O1. The van der Waals surface area contributed by atoms with E-state index in [0.717, 1.165) is 25.7 Å². The maximum absolute atomic E-state index is 11.9. The van der Waals surface area contributed by atoms with E-state index < -0.39 is 17.2 Å². The molecular weight excluding hydrogens is 236 g/mol. The number of ether oxygens (including phenoxy) is 4. The first kappa shape index (κ1) is 12.4. The van der Waals surface area contributed by atoms with E-state index in [1.54, 1.807) is 13.8 Å². The van der Waals surface area contributed by atoms with Crippen LogP contribution in [0.4, 0.5) is 0 Å². The quantitative estimate of drug-likeness (QED) is 0.618. The van der Waals surface area contributed by atoms with Gasteiger partial charge in [-0.15, -0.1) is 0 Å². The number of cyclic esters (lactones) is 1. The van der Waals surface area contributed by atoms with Gasteiger partial charge in [-0.3, -0.25) is 4.79 Å². The molecule has 3 aliphatic rings. The highest BCUT2D eigenvalue weighted by Crippen LogP contribution is 2.52. The van der Waals surface area contributed by atoms with Crippen LogP contribution in [0.2, 0.25) is 0 Å². The number of fused-ring (bicyclic) bond motifs is 1. The molecule has 0 aromatic rings. The number of carbonyl (C=O) groups is 1. The van der Waals surface area contributed by atoms with Gasteiger partial charge in [-0.2, -0.15) is 0 Å². The summed E-state index contributed by atoms with van der Waals surface area (Å²) in [6.07, 6.45) is 3.63. The second-order valence-electron chi connectivity index (χ2n) is 5.80. The lowest BCUT2D eigenvalue weighted by atomic mass is 9.89. The Bertz CT molecular complexity index is 358. The molecule has 18 heavy (non-hydrogen) atoms. The van der Waals surface area contributed by atoms with Crippen LogP contribution in [0.25, 0.3) is 0 Å². The Hall–Kier alpha value is -0.650. The molecule has 2 saturated heterocycles. The van der Waals surface area contributed by atoms with E-state index in [0.29, 0.717) is 13.2 Å². The van der Waals surface area contributed by atoms with E-state index in [4.69, 9.17) is 18.9 Å². The van der Waals surface area contributed by atoms with Crippen molar-refractivity contribution in [1.29, 1.82) is 0 Å². The first-order valence-corrected chi connectivity index (χ1v) is 6.67. The van der Waals surface area contributed by atoms with Crippen LogP contribution in [0.3, 0.4) is 0 Å². The number of esters is 1. The molecule has 0 amide bonds. The zero-order chi connectivity index (χ0) is 12.9. The molecule has 5 nitrogen and oxygen atoms in total. The van der Waals surface area contributed by atoms with E-state index in [1.807, 2.05) is 0 Å². The molecule has 0 aromatic carbocycles. The molecule has 1 atom stereocenters. The summed E-state index contributed by atoms with van der Waals surface area (Å²) in [5.41, 5.74) is -0.674. The van der Waals surface area contributed by atoms with E-state index in [9.17, 15) is 4.79 Å². The third kappa shape index (κ3) is 1.76. The lowest BCUT2D eigenvalue weighted by Gasteiger charge is -2.51. The lowest BCUT2D eigenvalue weighted by molar-refractivity contribution is -0.390. The molecule has 2 spiro atoms. The first-order chi connectivity index (χ1) is 8.47. The van der Waals surface area contributed by atoms with Gasteiger partial charge in [-0.1, -0.05) is 0 Å². The van der Waals surface area contributed by atoms with E-state index in [1.165, 1.54) is 0 Å². The third-order valence-corrected chi connectivity index (χ3v) is 3.97. The molecule has 0 bridgehead atoms. The average molecular weight is 256 g/mol. The Morgan fingerprint density at radius 2 is 1.78 bits per heavy atom. The van der Waals surface area contributed by atoms with Gasteiger partial charge in [0, 0.05) is 20.3 Å². The molecule has 1 unspecified atom stereocenters. The largest absolute Gasteiger partial charge is 0.434 e. The van der Waals surface area contributed by atoms with Crippen molar-refractivity contribution in [2.24, 2.45) is 0 Å². The number of hydrogen-bond acceptors (Lipinski definition) is 5. The smallest absolute Gasteiger partial charge is 0.311 e. The highest BCUT2D eigenvalue weighted by molar-refractivity contribution is 5.72. The predicted octanol–water partition coefficient (Wildman–Crippen LogP) is 1.74. The molecule has 5 heteroatoms. The van der Waals surface area contributed by atoms with E-state index in [-0.39, 0.29) is 12.4 Å². The average Bonchev–Trinajstić information content (AvgIpc) is 2.55. The standard InChI is InChI=1S/C13H20O5/c1-11(2)17-10(14)9-12(18-11)5-3-6-13(12)15-7-4-8-16-13/h3-9H2,1-2H3. The fourth-order valence-electron chi connectivity index (χ4n) is 3.43. The van der Waals surface area contributed by atoms with Gasteiger partial charge in [0.2, 0.25) is 5.79 Å². The number of hydrogen-bond donors (Lipinski definition) is 0. The maximum Gasteiger partial charge on any atom is 0.311 e. The fourth-order valence-corrected chi connectivity index (χ4v) is 3.43. The van der Waals surface area contributed by atoms with Gasteiger partial charge in [-0.05, 0) is 19.3 Å². The summed E-state index contributed by atoms with van der Waals surface area (Å²) in [7, 11) is 0. The summed E-state index contributed by atoms with van der Waals surface area (Å²) < 4.78 is 23.1. The van der Waals surface area contributed by atoms with Crippen LogP contribution in [0.5, 0.6) is 0 Å². The summed E-state index contributed by atoms with van der Waals surface area (Å²) in [6, 6.07) is 0. The van der Waals surface area contributed by atoms with Gasteiger partial charge in [0.1, 0.15) is 5.60 Å². The van der Waals surface area contributed by atoms with Crippen LogP contribution >= 0.6 is 0 Å². The molecule has 0 aromatic heterocycles. The molecule has 102 valence electrons. The highest BCUT2D eigenvalue weighted by atomic mass is 16.8. The van der Waals surface area contributed by atoms with Crippen LogP contribution in [-0.4, -0.2) is 36.4 Å². The van der Waals surface area contributed by atoms with Crippen molar-refractivity contribution >= 4 is 5.97 Å². The Morgan fingerprint density at radius 1 is 1.06 bits per heavy atom. The van der Waals surface area contributed by atoms with Crippen molar-refractivity contribution in [2.75, 3.05) is 13.2 Å². The molecule has 1 aliphatic carbocycles. The van der Waals surface area contributed by atoms with Gasteiger partial charge in [0.15, 0.2) is 5.79 Å². The zero-order valence-electron chi connectivity index (χ0n) is 11.0. The van der Waals surface area contributed by atoms with E-state index in [2.05, 4.69) is 0 Å². The molecule has 1 saturated carbocycles. The number of rotatable bonds is 0. The topological polar surface area (TPSA) is 54.0 Å². The Kier molecular flexibility index (Phi) is 2.70. The Labute approximate surface area is 107 Å². The van der Waals surface area contributed by atoms with Crippen LogP contribution in [-0.2, 0) is 23.7 Å². The fraction of sp³-hybridized carbons (Fsp3) is 0.923. The zero-order valence-corrected chi connectivity index (χ0v) is 11.0. The van der Waals surface area contributed by atoms with Gasteiger partial charge < -0.3 is 18.9 Å². The second kappa shape index (κ2) is 3.92. The summed E-state index contributed by atoms with van der Waals surface area (Å²) in [4.78, 5) is 11.9. The van der Waals surface area contributed by atoms with Gasteiger partial charge in [0.05, 0.1) is 19.6 Å². The summed E-state index contributed by atoms with van der Waals surface area (Å²) in [6.45, 7) is 4.86. The lowest BCUT2D eigenvalue weighted by Crippen LogP contribution is -2.63. The minimum atomic E-state index is -0.906. The summed E-state index contributed by atoms with van der Waals surface area (Å²) >= 11 is 0. The number of carbonyl (C=O) groups excluding carboxylic acids is 1. The summed E-state index contributed by atoms with van der Waals surface area (Å²) in [5, 5.41) is 0. The normalized spacial score (nSPS) is 38.0. The van der Waals surface area contributed by atoms with Crippen molar-refractivity contribution in [1.82, 2.24) is 0 Å². The molecule has 2 heterocycles. The van der Waals surface area contributed by atoms with Gasteiger partial charge in [0.25, 0.3) is 0 Å². The van der Waals surface area contributed by atoms with Crippen LogP contribution in [0.15, 0.2) is 0 Å². The predicted molar refractivity (Wildman–Crippen MR) is 61.7 cm³/mol. The second-order valence-corrected chi connectivity index (χ2v) is 5.80. The van der Waals surface area contributed by atoms with Crippen LogP contribution in [0.1, 0.15) is 46.0 Å². The summed E-state index contributed by atoms with van der Waals surface area (Å²) in [5.74, 6) is -1.89. The molecule has 2 aliphatic heterocycles. The molecule has 0 N–H and O–H groups in total. The molecule has 3 rings (SSSR count). The van der Waals surface area contributed by atoms with Crippen molar-refractivity contribution in [3.63, 3.8) is 0 Å². The molecule has 3 fully saturated rings. The van der Waals surface area contributed by atoms with Crippen LogP contribution in [0, 0.1) is 0 Å². The van der Waals surface area contributed by atoms with Crippen molar-refractivity contribution < 1.29 is 23.7 Å². The minimum Gasteiger partial charge on any atom is -0.434 e. The van der Waals surface area contributed by atoms with Crippen molar-refractivity contribution in [2.45, 2.75) is 63.1 Å². The molecular formula is C13H20O5. The Balaban J connectivity index is 1.94. The van der Waals surface area contributed by atoms with Gasteiger partial charge >= 0.3 is 5.97 Å². The van der Waals surface area contributed by atoms with Crippen molar-refractivity contribution in [3.8, 4) is 0 Å². The molecule has 0 radical (unpaired) electrons.